The molecule has 0 bridgehead atoms. The van der Waals surface area contributed by atoms with Crippen LogP contribution in [0.15, 0.2) is 47.5 Å². The number of aryl methyl sites for hydroxylation is 3. The summed E-state index contributed by atoms with van der Waals surface area (Å²) in [6.45, 7) is 14.0. The Morgan fingerprint density at radius 2 is 1.77 bits per heavy atom. The molecule has 0 radical (unpaired) electrons. The number of pyridine rings is 2. The zero-order chi connectivity index (χ0) is 27.8. The van der Waals surface area contributed by atoms with Gasteiger partial charge in [0.2, 0.25) is 0 Å². The lowest BCUT2D eigenvalue weighted by molar-refractivity contribution is 0.0691. The van der Waals surface area contributed by atoms with Crippen molar-refractivity contribution in [3.8, 4) is 11.1 Å². The molecule has 5 rings (SSSR count). The molecule has 1 aromatic carbocycles. The number of fused-ring (bicyclic) bond motifs is 1. The van der Waals surface area contributed by atoms with Gasteiger partial charge in [-0.2, -0.15) is 0 Å². The lowest BCUT2D eigenvalue weighted by Crippen LogP contribution is -2.44. The molecule has 1 fully saturated rings. The number of likely N-dealkylation sites (N-methyl/N-ethyl adjacent to an activating group) is 1. The van der Waals surface area contributed by atoms with E-state index >= 15 is 0 Å². The summed E-state index contributed by atoms with van der Waals surface area (Å²) in [5.74, 6) is 0.880. The summed E-state index contributed by atoms with van der Waals surface area (Å²) in [5.41, 5.74) is 6.60. The van der Waals surface area contributed by atoms with E-state index in [1.54, 1.807) is 4.90 Å². The van der Waals surface area contributed by atoms with Crippen LogP contribution < -0.4 is 10.5 Å². The number of rotatable bonds is 6. The van der Waals surface area contributed by atoms with E-state index in [0.29, 0.717) is 11.1 Å². The summed E-state index contributed by atoms with van der Waals surface area (Å²) in [5, 5.41) is 0.908. The molecule has 3 aromatic heterocycles. The second kappa shape index (κ2) is 10.7. The van der Waals surface area contributed by atoms with Gasteiger partial charge in [-0.15, -0.1) is 0 Å². The van der Waals surface area contributed by atoms with Crippen LogP contribution >= 0.6 is 0 Å². The molecule has 8 nitrogen and oxygen atoms in total. The van der Waals surface area contributed by atoms with Gasteiger partial charge in [-0.25, -0.2) is 4.98 Å². The van der Waals surface area contributed by atoms with Gasteiger partial charge in [0.1, 0.15) is 5.82 Å². The minimum Gasteiger partial charge on any atom is -0.361 e. The van der Waals surface area contributed by atoms with Gasteiger partial charge in [0.15, 0.2) is 0 Å². The molecule has 0 aliphatic carbocycles. The molecule has 0 atom stereocenters. The molecule has 39 heavy (non-hydrogen) atoms. The minimum atomic E-state index is -0.144. The quantitative estimate of drug-likeness (QED) is 0.382. The Labute approximate surface area is 229 Å². The smallest absolute Gasteiger partial charge is 0.255 e. The number of carbonyl (C=O) groups excluding carboxylic acids is 1. The van der Waals surface area contributed by atoms with Crippen molar-refractivity contribution in [2.24, 2.45) is 0 Å². The second-order valence-corrected chi connectivity index (χ2v) is 11.1. The van der Waals surface area contributed by atoms with Crippen LogP contribution in [0.1, 0.15) is 46.6 Å². The van der Waals surface area contributed by atoms with Crippen LogP contribution in [0.4, 0.5) is 5.82 Å². The molecular formula is C31H38N6O2. The molecule has 1 amide bonds. The number of amides is 1. The van der Waals surface area contributed by atoms with Gasteiger partial charge < -0.3 is 24.7 Å². The predicted octanol–water partition coefficient (Wildman–Crippen LogP) is 4.65. The van der Waals surface area contributed by atoms with Crippen LogP contribution in [0.5, 0.6) is 0 Å². The van der Waals surface area contributed by atoms with E-state index in [1.807, 2.05) is 59.1 Å². The van der Waals surface area contributed by atoms with Gasteiger partial charge in [0, 0.05) is 77.9 Å². The lowest BCUT2D eigenvalue weighted by Gasteiger charge is -2.33. The Morgan fingerprint density at radius 1 is 1.03 bits per heavy atom. The van der Waals surface area contributed by atoms with Gasteiger partial charge >= 0.3 is 0 Å². The Kier molecular flexibility index (Phi) is 7.32. The average molecular weight is 527 g/mol. The third-order valence-corrected chi connectivity index (χ3v) is 7.82. The highest BCUT2D eigenvalue weighted by Gasteiger charge is 2.25. The maximum atomic E-state index is 14.2. The van der Waals surface area contributed by atoms with Crippen molar-refractivity contribution in [1.29, 1.82) is 0 Å². The van der Waals surface area contributed by atoms with Crippen molar-refractivity contribution in [1.82, 2.24) is 24.8 Å². The van der Waals surface area contributed by atoms with Gasteiger partial charge in [-0.05, 0) is 88.7 Å². The Balaban J connectivity index is 1.51. The number of aromatic amines is 2. The zero-order valence-corrected chi connectivity index (χ0v) is 23.8. The molecular weight excluding hydrogens is 488 g/mol. The van der Waals surface area contributed by atoms with E-state index in [2.05, 4.69) is 45.0 Å². The summed E-state index contributed by atoms with van der Waals surface area (Å²) in [6, 6.07) is 10.1. The van der Waals surface area contributed by atoms with E-state index < -0.39 is 0 Å². The lowest BCUT2D eigenvalue weighted by atomic mass is 9.98. The molecule has 2 N–H and O–H groups in total. The molecule has 1 saturated heterocycles. The number of hydrogen-bond donors (Lipinski definition) is 2. The van der Waals surface area contributed by atoms with Crippen LogP contribution in [0, 0.1) is 20.8 Å². The Morgan fingerprint density at radius 3 is 2.41 bits per heavy atom. The minimum absolute atomic E-state index is 0.0964. The molecule has 0 spiro atoms. The van der Waals surface area contributed by atoms with E-state index in [9.17, 15) is 9.59 Å². The van der Waals surface area contributed by atoms with Gasteiger partial charge in [-0.1, -0.05) is 0 Å². The van der Waals surface area contributed by atoms with Crippen molar-refractivity contribution >= 4 is 22.6 Å². The fourth-order valence-corrected chi connectivity index (χ4v) is 5.45. The summed E-state index contributed by atoms with van der Waals surface area (Å²) >= 11 is 0. The number of hydrogen-bond acceptors (Lipinski definition) is 5. The van der Waals surface area contributed by atoms with Crippen molar-refractivity contribution in [2.45, 2.75) is 47.2 Å². The summed E-state index contributed by atoms with van der Waals surface area (Å²) < 4.78 is 0. The van der Waals surface area contributed by atoms with E-state index in [0.717, 1.165) is 70.8 Å². The highest BCUT2D eigenvalue weighted by atomic mass is 16.2. The number of H-pyrrole nitrogens is 2. The maximum absolute atomic E-state index is 14.2. The number of carbonyl (C=O) groups is 1. The fourth-order valence-electron chi connectivity index (χ4n) is 5.45. The van der Waals surface area contributed by atoms with Crippen molar-refractivity contribution < 1.29 is 4.79 Å². The number of anilines is 1. The van der Waals surface area contributed by atoms with Crippen molar-refractivity contribution in [3.63, 3.8) is 0 Å². The fraction of sp³-hybridized carbons (Fsp3) is 0.387. The summed E-state index contributed by atoms with van der Waals surface area (Å²) in [7, 11) is 2.14. The molecule has 1 aliphatic rings. The van der Waals surface area contributed by atoms with Gasteiger partial charge in [-0.3, -0.25) is 9.59 Å². The third kappa shape index (κ3) is 5.34. The number of aromatic nitrogens is 3. The maximum Gasteiger partial charge on any atom is 0.255 e. The molecule has 0 saturated carbocycles. The highest BCUT2D eigenvalue weighted by molar-refractivity contribution is 6.09. The third-order valence-electron chi connectivity index (χ3n) is 7.82. The second-order valence-electron chi connectivity index (χ2n) is 11.1. The van der Waals surface area contributed by atoms with Crippen LogP contribution in [0.25, 0.3) is 22.0 Å². The summed E-state index contributed by atoms with van der Waals surface area (Å²) in [6.07, 6.45) is 3.84. The Hall–Kier alpha value is -3.91. The van der Waals surface area contributed by atoms with E-state index in [4.69, 9.17) is 4.98 Å². The molecule has 0 unspecified atom stereocenters. The first kappa shape index (κ1) is 26.7. The zero-order valence-electron chi connectivity index (χ0n) is 23.8. The van der Waals surface area contributed by atoms with Crippen molar-refractivity contribution in [3.05, 3.63) is 81.0 Å². The monoisotopic (exact) mass is 526 g/mol. The van der Waals surface area contributed by atoms with Crippen LogP contribution in [-0.2, 0) is 6.54 Å². The molecule has 4 heterocycles. The molecule has 8 heteroatoms. The number of piperazine rings is 1. The predicted molar refractivity (Wildman–Crippen MR) is 158 cm³/mol. The van der Waals surface area contributed by atoms with Crippen LogP contribution in [-0.4, -0.2) is 69.9 Å². The van der Waals surface area contributed by atoms with Crippen molar-refractivity contribution in [2.75, 3.05) is 38.1 Å². The average Bonchev–Trinajstić information content (AvgIpc) is 3.28. The first-order valence-electron chi connectivity index (χ1n) is 13.6. The van der Waals surface area contributed by atoms with Crippen LogP contribution in [0.2, 0.25) is 0 Å². The number of benzene rings is 1. The van der Waals surface area contributed by atoms with E-state index in [-0.39, 0.29) is 24.1 Å². The number of nitrogens with one attached hydrogen (secondary N) is 2. The molecule has 1 aliphatic heterocycles. The Bertz CT molecular complexity index is 1560. The normalized spacial score (nSPS) is 14.4. The largest absolute Gasteiger partial charge is 0.361 e. The first-order chi connectivity index (χ1) is 18.6. The highest BCUT2D eigenvalue weighted by Crippen LogP contribution is 2.31. The standard InChI is InChI=1S/C31H38N6O2/c1-19(2)37(18-26-20(3)13-22(5)34-30(26)38)31(39)25-14-24(15-27-29(25)21(4)16-32-27)23-7-8-28(33-17-23)36-11-9-35(6)10-12-36/h7-8,13-17,19,32H,9-12,18H2,1-6H3,(H,34,38). The SMILES string of the molecule is Cc1cc(C)c(CN(C(=O)c2cc(-c3ccc(N4CCN(C)CC4)nc3)cc3[nH]cc(C)c23)C(C)C)c(=O)[nH]1. The molecule has 204 valence electrons. The van der Waals surface area contributed by atoms with Gasteiger partial charge in [0.25, 0.3) is 11.5 Å². The number of nitrogens with zero attached hydrogens (tertiary/aromatic N) is 4. The van der Waals surface area contributed by atoms with E-state index in [1.165, 1.54) is 0 Å². The topological polar surface area (TPSA) is 88.3 Å². The summed E-state index contributed by atoms with van der Waals surface area (Å²) in [4.78, 5) is 44.4. The first-order valence-corrected chi connectivity index (χ1v) is 13.6. The van der Waals surface area contributed by atoms with Crippen LogP contribution in [0.3, 0.4) is 0 Å². The van der Waals surface area contributed by atoms with Gasteiger partial charge in [0.05, 0.1) is 6.54 Å². The molecule has 4 aromatic rings.